The summed E-state index contributed by atoms with van der Waals surface area (Å²) >= 11 is 0. The first kappa shape index (κ1) is 17.8. The molecule has 1 heterocycles. The fourth-order valence-corrected chi connectivity index (χ4v) is 3.31. The summed E-state index contributed by atoms with van der Waals surface area (Å²) in [4.78, 5) is 15.0. The molecule has 1 aliphatic rings. The zero-order valence-corrected chi connectivity index (χ0v) is 15.7. The van der Waals surface area contributed by atoms with Crippen molar-refractivity contribution in [2.24, 2.45) is 0 Å². The molecule has 4 rings (SSSR count). The lowest BCUT2D eigenvalue weighted by molar-refractivity contribution is -0.123. The number of nitrogens with zero attached hydrogens (tertiary/aromatic N) is 1. The highest BCUT2D eigenvalue weighted by Crippen LogP contribution is 2.32. The SMILES string of the molecule is COc1ccc(C=C2C=C(c3ccccc3)N(Cc3ccccc3)C2=O)cc1. The van der Waals surface area contributed by atoms with Crippen molar-refractivity contribution < 1.29 is 9.53 Å². The number of carbonyl (C=O) groups excluding carboxylic acids is 1. The van der Waals surface area contributed by atoms with E-state index >= 15 is 0 Å². The molecule has 0 radical (unpaired) electrons. The van der Waals surface area contributed by atoms with Crippen molar-refractivity contribution in [1.82, 2.24) is 4.90 Å². The second-order valence-corrected chi connectivity index (χ2v) is 6.65. The second kappa shape index (κ2) is 7.97. The zero-order valence-electron chi connectivity index (χ0n) is 15.7. The lowest BCUT2D eigenvalue weighted by atomic mass is 10.1. The first-order valence-electron chi connectivity index (χ1n) is 9.23. The van der Waals surface area contributed by atoms with Crippen molar-refractivity contribution in [3.8, 4) is 5.75 Å². The Bertz CT molecular complexity index is 1020. The largest absolute Gasteiger partial charge is 0.497 e. The van der Waals surface area contributed by atoms with Gasteiger partial charge in [-0.15, -0.1) is 0 Å². The molecule has 3 nitrogen and oxygen atoms in total. The summed E-state index contributed by atoms with van der Waals surface area (Å²) in [6, 6.07) is 27.8. The van der Waals surface area contributed by atoms with E-state index in [-0.39, 0.29) is 5.91 Å². The van der Waals surface area contributed by atoms with Gasteiger partial charge in [0.25, 0.3) is 5.91 Å². The topological polar surface area (TPSA) is 29.5 Å². The second-order valence-electron chi connectivity index (χ2n) is 6.65. The smallest absolute Gasteiger partial charge is 0.258 e. The van der Waals surface area contributed by atoms with Gasteiger partial charge in [-0.3, -0.25) is 4.79 Å². The van der Waals surface area contributed by atoms with Crippen molar-refractivity contribution in [3.63, 3.8) is 0 Å². The molecular weight excluding hydrogens is 346 g/mol. The van der Waals surface area contributed by atoms with E-state index in [1.165, 1.54) is 0 Å². The van der Waals surface area contributed by atoms with E-state index in [9.17, 15) is 4.79 Å². The number of amides is 1. The van der Waals surface area contributed by atoms with Crippen LogP contribution in [-0.4, -0.2) is 17.9 Å². The molecule has 0 saturated heterocycles. The van der Waals surface area contributed by atoms with Crippen LogP contribution < -0.4 is 4.74 Å². The summed E-state index contributed by atoms with van der Waals surface area (Å²) in [5, 5.41) is 0. The Labute approximate surface area is 165 Å². The third-order valence-electron chi connectivity index (χ3n) is 4.77. The lowest BCUT2D eigenvalue weighted by Crippen LogP contribution is -2.25. The molecule has 0 aliphatic carbocycles. The van der Waals surface area contributed by atoms with Crippen LogP contribution in [0.3, 0.4) is 0 Å². The Hall–Kier alpha value is -3.59. The summed E-state index contributed by atoms with van der Waals surface area (Å²) in [6.07, 6.45) is 3.90. The van der Waals surface area contributed by atoms with Gasteiger partial charge in [0, 0.05) is 5.57 Å². The van der Waals surface area contributed by atoms with Gasteiger partial charge in [0.05, 0.1) is 19.4 Å². The monoisotopic (exact) mass is 367 g/mol. The average Bonchev–Trinajstić information content (AvgIpc) is 3.05. The summed E-state index contributed by atoms with van der Waals surface area (Å²) in [5.74, 6) is 0.810. The maximum Gasteiger partial charge on any atom is 0.258 e. The molecule has 3 aromatic rings. The van der Waals surface area contributed by atoms with Crippen molar-refractivity contribution in [2.45, 2.75) is 6.54 Å². The maximum atomic E-state index is 13.2. The van der Waals surface area contributed by atoms with Crippen LogP contribution in [0.4, 0.5) is 0 Å². The number of methoxy groups -OCH3 is 1. The standard InChI is InChI=1S/C25H21NO2/c1-28-23-14-12-19(13-15-23)16-22-17-24(21-10-6-3-7-11-21)26(25(22)27)18-20-8-4-2-5-9-20/h2-17H,18H2,1H3. The van der Waals surface area contributed by atoms with Gasteiger partial charge < -0.3 is 9.64 Å². The number of benzene rings is 3. The van der Waals surface area contributed by atoms with Crippen LogP contribution in [0, 0.1) is 0 Å². The molecule has 0 spiro atoms. The van der Waals surface area contributed by atoms with Crippen LogP contribution >= 0.6 is 0 Å². The van der Waals surface area contributed by atoms with E-state index in [4.69, 9.17) is 4.74 Å². The molecule has 0 N–H and O–H groups in total. The van der Waals surface area contributed by atoms with Gasteiger partial charge in [0.15, 0.2) is 0 Å². The fraction of sp³-hybridized carbons (Fsp3) is 0.0800. The first-order chi connectivity index (χ1) is 13.7. The predicted octanol–water partition coefficient (Wildman–Crippen LogP) is 5.16. The Morgan fingerprint density at radius 2 is 1.50 bits per heavy atom. The Kier molecular flexibility index (Phi) is 5.07. The van der Waals surface area contributed by atoms with Crippen LogP contribution in [0.2, 0.25) is 0 Å². The fourth-order valence-electron chi connectivity index (χ4n) is 3.31. The van der Waals surface area contributed by atoms with E-state index < -0.39 is 0 Å². The molecule has 138 valence electrons. The summed E-state index contributed by atoms with van der Waals surface area (Å²) < 4.78 is 5.21. The highest BCUT2D eigenvalue weighted by atomic mass is 16.5. The van der Waals surface area contributed by atoms with Crippen LogP contribution in [0.5, 0.6) is 5.75 Å². The average molecular weight is 367 g/mol. The van der Waals surface area contributed by atoms with Gasteiger partial charge in [-0.1, -0.05) is 72.8 Å². The molecule has 0 unspecified atom stereocenters. The Morgan fingerprint density at radius 3 is 2.14 bits per heavy atom. The van der Waals surface area contributed by atoms with Crippen LogP contribution in [0.1, 0.15) is 16.7 Å². The highest BCUT2D eigenvalue weighted by molar-refractivity contribution is 6.10. The molecule has 0 bridgehead atoms. The van der Waals surface area contributed by atoms with Crippen molar-refractivity contribution in [2.75, 3.05) is 7.11 Å². The van der Waals surface area contributed by atoms with E-state index in [2.05, 4.69) is 0 Å². The third-order valence-corrected chi connectivity index (χ3v) is 4.77. The molecule has 1 aliphatic heterocycles. The van der Waals surface area contributed by atoms with Crippen LogP contribution in [0.15, 0.2) is 96.6 Å². The molecule has 0 atom stereocenters. The van der Waals surface area contributed by atoms with Crippen LogP contribution in [0.25, 0.3) is 11.8 Å². The van der Waals surface area contributed by atoms with Crippen LogP contribution in [-0.2, 0) is 11.3 Å². The molecular formula is C25H21NO2. The zero-order chi connectivity index (χ0) is 19.3. The molecule has 0 aromatic heterocycles. The normalized spacial score (nSPS) is 15.0. The summed E-state index contributed by atoms with van der Waals surface area (Å²) in [5.41, 5.74) is 4.71. The molecule has 0 saturated carbocycles. The maximum absolute atomic E-state index is 13.2. The number of ether oxygens (including phenoxy) is 1. The molecule has 3 aromatic carbocycles. The number of carbonyl (C=O) groups is 1. The van der Waals surface area contributed by atoms with Crippen molar-refractivity contribution in [3.05, 3.63) is 113 Å². The number of rotatable bonds is 5. The van der Waals surface area contributed by atoms with E-state index in [0.717, 1.165) is 28.1 Å². The number of hydrogen-bond acceptors (Lipinski definition) is 2. The van der Waals surface area contributed by atoms with Gasteiger partial charge in [0.1, 0.15) is 5.75 Å². The van der Waals surface area contributed by atoms with E-state index in [1.54, 1.807) is 7.11 Å². The van der Waals surface area contributed by atoms with Gasteiger partial charge in [-0.2, -0.15) is 0 Å². The van der Waals surface area contributed by atoms with Gasteiger partial charge in [0.2, 0.25) is 0 Å². The molecule has 1 amide bonds. The molecule has 3 heteroatoms. The quantitative estimate of drug-likeness (QED) is 0.583. The predicted molar refractivity (Wildman–Crippen MR) is 112 cm³/mol. The van der Waals surface area contributed by atoms with E-state index in [1.807, 2.05) is 102 Å². The Balaban J connectivity index is 1.70. The van der Waals surface area contributed by atoms with Crippen molar-refractivity contribution >= 4 is 17.7 Å². The Morgan fingerprint density at radius 1 is 0.857 bits per heavy atom. The van der Waals surface area contributed by atoms with Gasteiger partial charge in [-0.05, 0) is 41.0 Å². The molecule has 28 heavy (non-hydrogen) atoms. The minimum atomic E-state index is 0.0125. The number of hydrogen-bond donors (Lipinski definition) is 0. The minimum absolute atomic E-state index is 0.0125. The van der Waals surface area contributed by atoms with Crippen molar-refractivity contribution in [1.29, 1.82) is 0 Å². The van der Waals surface area contributed by atoms with Gasteiger partial charge in [-0.25, -0.2) is 0 Å². The highest BCUT2D eigenvalue weighted by Gasteiger charge is 2.28. The first-order valence-corrected chi connectivity index (χ1v) is 9.23. The molecule has 0 fully saturated rings. The summed E-state index contributed by atoms with van der Waals surface area (Å²) in [7, 11) is 1.64. The van der Waals surface area contributed by atoms with Gasteiger partial charge >= 0.3 is 0 Å². The lowest BCUT2D eigenvalue weighted by Gasteiger charge is -2.20. The third kappa shape index (κ3) is 3.74. The minimum Gasteiger partial charge on any atom is -0.497 e. The summed E-state index contributed by atoms with van der Waals surface area (Å²) in [6.45, 7) is 0.542. The van der Waals surface area contributed by atoms with E-state index in [0.29, 0.717) is 12.1 Å².